The second-order valence-corrected chi connectivity index (χ2v) is 14.7. The molecule has 6 heteroatoms. The third-order valence-corrected chi connectivity index (χ3v) is 11.9. The zero-order valence-corrected chi connectivity index (χ0v) is 31.5. The van der Waals surface area contributed by atoms with Gasteiger partial charge in [0.1, 0.15) is 0 Å². The summed E-state index contributed by atoms with van der Waals surface area (Å²) in [5.41, 5.74) is 11.9. The molecule has 11 rings (SSSR count). The first-order valence-corrected chi connectivity index (χ1v) is 19.6. The SMILES string of the molecule is c1ccc(C2(c3ccccc3)c3ccccc3N(c3nnc(N4c5ccccc5C(c5ccccc5)(c5ccccc5)c5ccccc54)nn3)c3ccccc32)cc1. The standard InChI is InChI=1S/C52H36N6/c1-5-21-37(22-6-1)51(38-23-7-2-8-24-38)41-29-13-17-33-45(41)57(46-34-18-14-30-42(46)51)49-53-55-50(56-54-49)58-47-35-19-15-31-43(47)52(39-25-9-3-10-26-39,40-27-11-4-12-28-40)44-32-16-20-36-48(44)58/h1-36H. The van der Waals surface area contributed by atoms with Gasteiger partial charge in [-0.05, 0) is 68.8 Å². The van der Waals surface area contributed by atoms with E-state index in [4.69, 9.17) is 20.4 Å². The molecule has 0 saturated carbocycles. The first-order chi connectivity index (χ1) is 28.8. The van der Waals surface area contributed by atoms with Crippen molar-refractivity contribution >= 4 is 34.6 Å². The molecule has 1 aromatic heterocycles. The summed E-state index contributed by atoms with van der Waals surface area (Å²) in [6.45, 7) is 0. The summed E-state index contributed by atoms with van der Waals surface area (Å²) >= 11 is 0. The Morgan fingerprint density at radius 3 is 0.690 bits per heavy atom. The lowest BCUT2D eigenvalue weighted by Crippen LogP contribution is -2.38. The van der Waals surface area contributed by atoms with Crippen molar-refractivity contribution < 1.29 is 0 Å². The molecule has 0 bridgehead atoms. The molecule has 0 saturated heterocycles. The molecule has 0 N–H and O–H groups in total. The lowest BCUT2D eigenvalue weighted by molar-refractivity contribution is 0.717. The van der Waals surface area contributed by atoms with Crippen molar-refractivity contribution in [1.29, 1.82) is 0 Å². The average molecular weight is 745 g/mol. The number of rotatable bonds is 6. The molecule has 0 atom stereocenters. The van der Waals surface area contributed by atoms with Crippen molar-refractivity contribution in [2.75, 3.05) is 9.80 Å². The predicted molar refractivity (Wildman–Crippen MR) is 231 cm³/mol. The number of para-hydroxylation sites is 4. The summed E-state index contributed by atoms with van der Waals surface area (Å²) < 4.78 is 0. The molecule has 58 heavy (non-hydrogen) atoms. The van der Waals surface area contributed by atoms with E-state index in [1.807, 2.05) is 0 Å². The number of hydrogen-bond acceptors (Lipinski definition) is 6. The number of hydrogen-bond donors (Lipinski definition) is 0. The topological polar surface area (TPSA) is 58.0 Å². The van der Waals surface area contributed by atoms with Gasteiger partial charge in [0.25, 0.3) is 11.9 Å². The van der Waals surface area contributed by atoms with Gasteiger partial charge in [-0.1, -0.05) is 194 Å². The van der Waals surface area contributed by atoms with Crippen LogP contribution in [0.15, 0.2) is 218 Å². The molecule has 2 aliphatic heterocycles. The molecule has 0 fully saturated rings. The van der Waals surface area contributed by atoms with Gasteiger partial charge in [-0.15, -0.1) is 20.4 Å². The van der Waals surface area contributed by atoms with Crippen LogP contribution in [0.25, 0.3) is 0 Å². The van der Waals surface area contributed by atoms with Gasteiger partial charge in [-0.25, -0.2) is 0 Å². The van der Waals surface area contributed by atoms with Crippen LogP contribution >= 0.6 is 0 Å². The van der Waals surface area contributed by atoms with Crippen molar-refractivity contribution in [1.82, 2.24) is 20.4 Å². The highest BCUT2D eigenvalue weighted by atomic mass is 15.5. The normalized spacial score (nSPS) is 14.4. The van der Waals surface area contributed by atoms with Crippen molar-refractivity contribution in [2.45, 2.75) is 10.8 Å². The second kappa shape index (κ2) is 13.5. The lowest BCUT2D eigenvalue weighted by Gasteiger charge is -2.46. The highest BCUT2D eigenvalue weighted by molar-refractivity contribution is 5.89. The van der Waals surface area contributed by atoms with E-state index in [9.17, 15) is 0 Å². The van der Waals surface area contributed by atoms with E-state index >= 15 is 0 Å². The number of fused-ring (bicyclic) bond motifs is 4. The molecule has 9 aromatic rings. The van der Waals surface area contributed by atoms with Gasteiger partial charge in [0.05, 0.1) is 33.6 Å². The number of aromatic nitrogens is 4. The molecule has 274 valence electrons. The van der Waals surface area contributed by atoms with Crippen LogP contribution in [0.1, 0.15) is 44.5 Å². The van der Waals surface area contributed by atoms with E-state index in [1.165, 1.54) is 22.3 Å². The highest BCUT2D eigenvalue weighted by Gasteiger charge is 2.48. The predicted octanol–water partition coefficient (Wildman–Crippen LogP) is 11.6. The van der Waals surface area contributed by atoms with E-state index in [0.717, 1.165) is 45.0 Å². The largest absolute Gasteiger partial charge is 0.276 e. The van der Waals surface area contributed by atoms with Gasteiger partial charge < -0.3 is 0 Å². The molecule has 2 aliphatic rings. The Hall–Kier alpha value is -7.70. The van der Waals surface area contributed by atoms with E-state index in [0.29, 0.717) is 11.9 Å². The lowest BCUT2D eigenvalue weighted by atomic mass is 9.62. The second-order valence-electron chi connectivity index (χ2n) is 14.7. The fraction of sp³-hybridized carbons (Fsp3) is 0.0385. The van der Waals surface area contributed by atoms with Crippen LogP contribution in [0.5, 0.6) is 0 Å². The Labute approximate surface area is 337 Å². The molecular weight excluding hydrogens is 709 g/mol. The van der Waals surface area contributed by atoms with Crippen LogP contribution in [0, 0.1) is 0 Å². The summed E-state index contributed by atoms with van der Waals surface area (Å²) in [6.07, 6.45) is 0. The van der Waals surface area contributed by atoms with Crippen LogP contribution in [0.4, 0.5) is 34.6 Å². The minimum Gasteiger partial charge on any atom is -0.276 e. The average Bonchev–Trinajstić information content (AvgIpc) is 3.31. The third-order valence-electron chi connectivity index (χ3n) is 11.9. The summed E-state index contributed by atoms with van der Waals surface area (Å²) in [5, 5.41) is 19.7. The maximum atomic E-state index is 4.93. The first-order valence-electron chi connectivity index (χ1n) is 19.6. The van der Waals surface area contributed by atoms with Gasteiger partial charge >= 0.3 is 0 Å². The Balaban J connectivity index is 1.09. The van der Waals surface area contributed by atoms with Crippen LogP contribution in [0.2, 0.25) is 0 Å². The van der Waals surface area contributed by atoms with Gasteiger partial charge in [0, 0.05) is 0 Å². The zero-order valence-electron chi connectivity index (χ0n) is 31.5. The number of benzene rings is 8. The van der Waals surface area contributed by atoms with E-state index in [-0.39, 0.29) is 0 Å². The van der Waals surface area contributed by atoms with Crippen molar-refractivity contribution in [3.05, 3.63) is 263 Å². The molecule has 0 spiro atoms. The molecule has 0 unspecified atom stereocenters. The first kappa shape index (κ1) is 33.6. The zero-order chi connectivity index (χ0) is 38.5. The Bertz CT molecular complexity index is 2520. The molecule has 0 aliphatic carbocycles. The Kier molecular flexibility index (Phi) is 7.83. The quantitative estimate of drug-likeness (QED) is 0.169. The highest BCUT2D eigenvalue weighted by Crippen LogP contribution is 2.59. The molecule has 3 heterocycles. The number of nitrogens with zero attached hydrogens (tertiary/aromatic N) is 6. The molecule has 8 aromatic carbocycles. The molecular formula is C52H36N6. The maximum Gasteiger partial charge on any atom is 0.273 e. The summed E-state index contributed by atoms with van der Waals surface area (Å²) in [7, 11) is 0. The summed E-state index contributed by atoms with van der Waals surface area (Å²) in [6, 6.07) is 77.3. The van der Waals surface area contributed by atoms with Gasteiger partial charge in [0.2, 0.25) is 0 Å². The molecule has 6 nitrogen and oxygen atoms in total. The fourth-order valence-corrected chi connectivity index (χ4v) is 9.65. The number of anilines is 6. The van der Waals surface area contributed by atoms with E-state index in [1.54, 1.807) is 0 Å². The van der Waals surface area contributed by atoms with Gasteiger partial charge in [0.15, 0.2) is 0 Å². The van der Waals surface area contributed by atoms with Crippen LogP contribution in [-0.4, -0.2) is 20.4 Å². The summed E-state index contributed by atoms with van der Waals surface area (Å²) in [5.74, 6) is 0.778. The van der Waals surface area contributed by atoms with Crippen molar-refractivity contribution in [2.24, 2.45) is 0 Å². The van der Waals surface area contributed by atoms with Crippen LogP contribution in [-0.2, 0) is 10.8 Å². The van der Waals surface area contributed by atoms with Crippen molar-refractivity contribution in [3.8, 4) is 0 Å². The maximum absolute atomic E-state index is 4.93. The smallest absolute Gasteiger partial charge is 0.273 e. The third kappa shape index (κ3) is 4.78. The minimum absolute atomic E-state index is 0.389. The monoisotopic (exact) mass is 744 g/mol. The molecule has 0 radical (unpaired) electrons. The van der Waals surface area contributed by atoms with Crippen LogP contribution in [0.3, 0.4) is 0 Å². The summed E-state index contributed by atoms with van der Waals surface area (Å²) in [4.78, 5) is 4.21. The Morgan fingerprint density at radius 2 is 0.448 bits per heavy atom. The van der Waals surface area contributed by atoms with Gasteiger partial charge in [-0.3, -0.25) is 9.80 Å². The van der Waals surface area contributed by atoms with E-state index < -0.39 is 10.8 Å². The van der Waals surface area contributed by atoms with E-state index in [2.05, 4.69) is 228 Å². The molecule has 0 amide bonds. The van der Waals surface area contributed by atoms with Crippen LogP contribution < -0.4 is 9.80 Å². The van der Waals surface area contributed by atoms with Gasteiger partial charge in [-0.2, -0.15) is 0 Å². The minimum atomic E-state index is -0.599. The fourth-order valence-electron chi connectivity index (χ4n) is 9.65. The Morgan fingerprint density at radius 1 is 0.241 bits per heavy atom. The van der Waals surface area contributed by atoms with Crippen molar-refractivity contribution in [3.63, 3.8) is 0 Å².